The standard InChI is InChI=1S/C12H16BrClN2/c1-8-3-4-9(2)16(7-8)12-11(13)5-10(14)6-15-12/h5-6,8-9H,3-4,7H2,1-2H3. The van der Waals surface area contributed by atoms with Crippen molar-refractivity contribution < 1.29 is 0 Å². The van der Waals surface area contributed by atoms with Gasteiger partial charge in [-0.15, -0.1) is 0 Å². The van der Waals surface area contributed by atoms with Crippen molar-refractivity contribution in [2.45, 2.75) is 32.7 Å². The maximum atomic E-state index is 5.91. The number of anilines is 1. The first kappa shape index (κ1) is 12.2. The Balaban J connectivity index is 2.28. The molecule has 0 bridgehead atoms. The van der Waals surface area contributed by atoms with Gasteiger partial charge in [0, 0.05) is 18.8 Å². The Morgan fingerprint density at radius 2 is 2.19 bits per heavy atom. The Labute approximate surface area is 110 Å². The van der Waals surface area contributed by atoms with E-state index in [1.165, 1.54) is 12.8 Å². The van der Waals surface area contributed by atoms with Crippen molar-refractivity contribution in [1.29, 1.82) is 0 Å². The Bertz CT molecular complexity index is 383. The number of rotatable bonds is 1. The van der Waals surface area contributed by atoms with Crippen molar-refractivity contribution in [3.05, 3.63) is 21.8 Å². The van der Waals surface area contributed by atoms with Crippen molar-refractivity contribution in [1.82, 2.24) is 4.98 Å². The molecule has 0 spiro atoms. The number of pyridine rings is 1. The van der Waals surface area contributed by atoms with Gasteiger partial charge in [-0.3, -0.25) is 0 Å². The average molecular weight is 304 g/mol. The van der Waals surface area contributed by atoms with Crippen LogP contribution in [0, 0.1) is 5.92 Å². The van der Waals surface area contributed by atoms with E-state index in [1.54, 1.807) is 6.20 Å². The van der Waals surface area contributed by atoms with Gasteiger partial charge in [0.25, 0.3) is 0 Å². The summed E-state index contributed by atoms with van der Waals surface area (Å²) in [6.45, 7) is 5.63. The van der Waals surface area contributed by atoms with Gasteiger partial charge in [-0.05, 0) is 47.7 Å². The van der Waals surface area contributed by atoms with E-state index in [9.17, 15) is 0 Å². The summed E-state index contributed by atoms with van der Waals surface area (Å²) in [4.78, 5) is 6.80. The topological polar surface area (TPSA) is 16.1 Å². The molecule has 88 valence electrons. The largest absolute Gasteiger partial charge is 0.353 e. The molecule has 1 aromatic heterocycles. The molecule has 1 saturated heterocycles. The lowest BCUT2D eigenvalue weighted by atomic mass is 9.95. The molecule has 0 aromatic carbocycles. The van der Waals surface area contributed by atoms with Gasteiger partial charge in [0.05, 0.1) is 9.50 Å². The van der Waals surface area contributed by atoms with Gasteiger partial charge in [-0.2, -0.15) is 0 Å². The lowest BCUT2D eigenvalue weighted by Gasteiger charge is -2.38. The van der Waals surface area contributed by atoms with Crippen LogP contribution in [0.2, 0.25) is 5.02 Å². The minimum Gasteiger partial charge on any atom is -0.353 e. The Morgan fingerprint density at radius 1 is 1.44 bits per heavy atom. The molecule has 2 unspecified atom stereocenters. The van der Waals surface area contributed by atoms with E-state index in [2.05, 4.69) is 39.7 Å². The van der Waals surface area contributed by atoms with Gasteiger partial charge >= 0.3 is 0 Å². The van der Waals surface area contributed by atoms with Crippen molar-refractivity contribution in [2.24, 2.45) is 5.92 Å². The third-order valence-electron chi connectivity index (χ3n) is 3.18. The number of halogens is 2. The predicted octanol–water partition coefficient (Wildman–Crippen LogP) is 4.12. The highest BCUT2D eigenvalue weighted by Crippen LogP contribution is 2.32. The lowest BCUT2D eigenvalue weighted by Crippen LogP contribution is -2.41. The van der Waals surface area contributed by atoms with E-state index in [-0.39, 0.29) is 0 Å². The maximum absolute atomic E-state index is 5.91. The van der Waals surface area contributed by atoms with Crippen molar-refractivity contribution in [3.63, 3.8) is 0 Å². The fourth-order valence-corrected chi connectivity index (χ4v) is 3.07. The molecule has 16 heavy (non-hydrogen) atoms. The summed E-state index contributed by atoms with van der Waals surface area (Å²) >= 11 is 9.45. The molecule has 2 rings (SSSR count). The van der Waals surface area contributed by atoms with Crippen LogP contribution in [0.1, 0.15) is 26.7 Å². The quantitative estimate of drug-likeness (QED) is 0.776. The number of nitrogens with zero attached hydrogens (tertiary/aromatic N) is 2. The van der Waals surface area contributed by atoms with Crippen LogP contribution >= 0.6 is 27.5 Å². The third-order valence-corrected chi connectivity index (χ3v) is 3.97. The zero-order valence-electron chi connectivity index (χ0n) is 9.58. The first-order valence-electron chi connectivity index (χ1n) is 5.65. The monoisotopic (exact) mass is 302 g/mol. The molecule has 2 nitrogen and oxygen atoms in total. The molecular formula is C12H16BrClN2. The second-order valence-electron chi connectivity index (χ2n) is 4.64. The summed E-state index contributed by atoms with van der Waals surface area (Å²) in [6, 6.07) is 2.47. The molecule has 1 aromatic rings. The maximum Gasteiger partial charge on any atom is 0.143 e. The molecule has 0 amide bonds. The van der Waals surface area contributed by atoms with Gasteiger partial charge in [0.1, 0.15) is 5.82 Å². The zero-order valence-corrected chi connectivity index (χ0v) is 11.9. The highest BCUT2D eigenvalue weighted by atomic mass is 79.9. The first-order valence-corrected chi connectivity index (χ1v) is 6.82. The molecule has 0 N–H and O–H groups in total. The van der Waals surface area contributed by atoms with E-state index in [0.29, 0.717) is 11.1 Å². The number of piperidine rings is 1. The van der Waals surface area contributed by atoms with Crippen LogP contribution in [-0.2, 0) is 0 Å². The molecular weight excluding hydrogens is 288 g/mol. The summed E-state index contributed by atoms with van der Waals surface area (Å²) in [5.74, 6) is 1.75. The van der Waals surface area contributed by atoms with Crippen LogP contribution < -0.4 is 4.90 Å². The van der Waals surface area contributed by atoms with Gasteiger partial charge < -0.3 is 4.90 Å². The summed E-state index contributed by atoms with van der Waals surface area (Å²) in [6.07, 6.45) is 4.26. The van der Waals surface area contributed by atoms with Gasteiger partial charge in [-0.25, -0.2) is 4.98 Å². The normalized spacial score (nSPS) is 25.9. The van der Waals surface area contributed by atoms with Crippen LogP contribution in [0.3, 0.4) is 0 Å². The minimum absolute atomic E-state index is 0.557. The van der Waals surface area contributed by atoms with Crippen LogP contribution in [0.5, 0.6) is 0 Å². The van der Waals surface area contributed by atoms with E-state index < -0.39 is 0 Å². The highest BCUT2D eigenvalue weighted by Gasteiger charge is 2.25. The molecule has 1 fully saturated rings. The van der Waals surface area contributed by atoms with E-state index in [1.807, 2.05) is 6.07 Å². The molecule has 0 aliphatic carbocycles. The van der Waals surface area contributed by atoms with E-state index in [0.717, 1.165) is 22.8 Å². The zero-order chi connectivity index (χ0) is 11.7. The fraction of sp³-hybridized carbons (Fsp3) is 0.583. The SMILES string of the molecule is CC1CCC(C)N(c2ncc(Cl)cc2Br)C1. The molecule has 2 heterocycles. The highest BCUT2D eigenvalue weighted by molar-refractivity contribution is 9.10. The summed E-state index contributed by atoms with van der Waals surface area (Å²) < 4.78 is 0.987. The van der Waals surface area contributed by atoms with Gasteiger partial charge in [-0.1, -0.05) is 18.5 Å². The predicted molar refractivity (Wildman–Crippen MR) is 72.2 cm³/mol. The van der Waals surface area contributed by atoms with E-state index in [4.69, 9.17) is 11.6 Å². The van der Waals surface area contributed by atoms with Crippen molar-refractivity contribution in [3.8, 4) is 0 Å². The average Bonchev–Trinajstić information content (AvgIpc) is 2.22. The molecule has 1 aliphatic heterocycles. The number of aromatic nitrogens is 1. The second-order valence-corrected chi connectivity index (χ2v) is 5.93. The Hall–Kier alpha value is -0.280. The molecule has 1 aliphatic rings. The molecule has 0 saturated carbocycles. The molecule has 0 radical (unpaired) electrons. The summed E-state index contributed by atoms with van der Waals surface area (Å²) in [7, 11) is 0. The second kappa shape index (κ2) is 4.92. The third kappa shape index (κ3) is 2.51. The minimum atomic E-state index is 0.557. The van der Waals surface area contributed by atoms with Gasteiger partial charge in [0.15, 0.2) is 0 Å². The Morgan fingerprint density at radius 3 is 2.88 bits per heavy atom. The van der Waals surface area contributed by atoms with Crippen LogP contribution in [0.25, 0.3) is 0 Å². The molecule has 4 heteroatoms. The van der Waals surface area contributed by atoms with Crippen LogP contribution in [0.15, 0.2) is 16.7 Å². The van der Waals surface area contributed by atoms with Crippen LogP contribution in [-0.4, -0.2) is 17.6 Å². The first-order chi connectivity index (χ1) is 7.58. The number of hydrogen-bond acceptors (Lipinski definition) is 2. The van der Waals surface area contributed by atoms with Crippen molar-refractivity contribution >= 4 is 33.3 Å². The van der Waals surface area contributed by atoms with E-state index >= 15 is 0 Å². The smallest absolute Gasteiger partial charge is 0.143 e. The summed E-state index contributed by atoms with van der Waals surface area (Å²) in [5.41, 5.74) is 0. The fourth-order valence-electron chi connectivity index (χ4n) is 2.20. The molecule has 2 atom stereocenters. The van der Waals surface area contributed by atoms with Crippen LogP contribution in [0.4, 0.5) is 5.82 Å². The Kier molecular flexibility index (Phi) is 3.75. The lowest BCUT2D eigenvalue weighted by molar-refractivity contribution is 0.388. The summed E-state index contributed by atoms with van der Waals surface area (Å²) in [5, 5.41) is 0.674. The van der Waals surface area contributed by atoms with Gasteiger partial charge in [0.2, 0.25) is 0 Å². The van der Waals surface area contributed by atoms with Crippen molar-refractivity contribution in [2.75, 3.05) is 11.4 Å². The number of hydrogen-bond donors (Lipinski definition) is 0.